The summed E-state index contributed by atoms with van der Waals surface area (Å²) in [4.78, 5) is 25.8. The van der Waals surface area contributed by atoms with Crippen LogP contribution < -0.4 is 5.32 Å². The molecule has 1 aliphatic carbocycles. The van der Waals surface area contributed by atoms with Gasteiger partial charge < -0.3 is 5.32 Å². The second-order valence-corrected chi connectivity index (χ2v) is 6.87. The van der Waals surface area contributed by atoms with Gasteiger partial charge in [-0.05, 0) is 31.6 Å². The summed E-state index contributed by atoms with van der Waals surface area (Å²) in [5, 5.41) is 3.37. The lowest BCUT2D eigenvalue weighted by Crippen LogP contribution is -2.45. The van der Waals surface area contributed by atoms with Crippen LogP contribution in [0, 0.1) is 5.41 Å². The molecule has 0 spiro atoms. The Morgan fingerprint density at radius 1 is 1.30 bits per heavy atom. The zero-order chi connectivity index (χ0) is 14.8. The minimum Gasteiger partial charge on any atom is -0.305 e. The first-order valence-electron chi connectivity index (χ1n) is 8.06. The second kappa shape index (κ2) is 6.25. The zero-order valence-electron chi connectivity index (χ0n) is 13.1. The SMILES string of the molecule is CCC(C)N1C(=O)CC(NCC2(C)CCCCC2)C1=O. The molecule has 0 aromatic heterocycles. The van der Waals surface area contributed by atoms with Crippen molar-refractivity contribution in [3.05, 3.63) is 0 Å². The summed E-state index contributed by atoms with van der Waals surface area (Å²) in [7, 11) is 0. The highest BCUT2D eigenvalue weighted by molar-refractivity contribution is 6.05. The smallest absolute Gasteiger partial charge is 0.247 e. The lowest BCUT2D eigenvalue weighted by molar-refractivity contribution is -0.141. The summed E-state index contributed by atoms with van der Waals surface area (Å²) in [6.45, 7) is 7.10. The van der Waals surface area contributed by atoms with E-state index >= 15 is 0 Å². The van der Waals surface area contributed by atoms with Crippen molar-refractivity contribution in [1.29, 1.82) is 0 Å². The molecule has 2 rings (SSSR count). The Bertz CT molecular complexity index is 375. The van der Waals surface area contributed by atoms with E-state index in [4.69, 9.17) is 0 Å². The van der Waals surface area contributed by atoms with Gasteiger partial charge in [-0.15, -0.1) is 0 Å². The first kappa shape index (κ1) is 15.5. The van der Waals surface area contributed by atoms with Gasteiger partial charge in [0, 0.05) is 12.6 Å². The van der Waals surface area contributed by atoms with Crippen LogP contribution in [0.4, 0.5) is 0 Å². The molecule has 0 aromatic carbocycles. The first-order valence-corrected chi connectivity index (χ1v) is 8.06. The molecule has 1 aliphatic heterocycles. The molecule has 2 unspecified atom stereocenters. The Morgan fingerprint density at radius 2 is 1.95 bits per heavy atom. The third kappa shape index (κ3) is 3.22. The lowest BCUT2D eigenvalue weighted by atomic mass is 9.75. The monoisotopic (exact) mass is 280 g/mol. The Balaban J connectivity index is 1.91. The number of imide groups is 1. The molecule has 4 heteroatoms. The zero-order valence-corrected chi connectivity index (χ0v) is 13.1. The van der Waals surface area contributed by atoms with E-state index in [1.54, 1.807) is 0 Å². The van der Waals surface area contributed by atoms with E-state index in [0.717, 1.165) is 13.0 Å². The van der Waals surface area contributed by atoms with Crippen molar-refractivity contribution in [3.63, 3.8) is 0 Å². The third-order valence-electron chi connectivity index (χ3n) is 5.05. The van der Waals surface area contributed by atoms with Gasteiger partial charge in [-0.2, -0.15) is 0 Å². The number of carbonyl (C=O) groups is 2. The molecule has 1 saturated heterocycles. The van der Waals surface area contributed by atoms with Crippen LogP contribution in [0.5, 0.6) is 0 Å². The summed E-state index contributed by atoms with van der Waals surface area (Å²) >= 11 is 0. The number of hydrogen-bond donors (Lipinski definition) is 1. The molecule has 1 heterocycles. The van der Waals surface area contributed by atoms with Crippen LogP contribution in [-0.2, 0) is 9.59 Å². The number of hydrogen-bond acceptors (Lipinski definition) is 3. The molecule has 1 saturated carbocycles. The quantitative estimate of drug-likeness (QED) is 0.787. The molecule has 4 nitrogen and oxygen atoms in total. The summed E-state index contributed by atoms with van der Waals surface area (Å²) in [5.41, 5.74) is 0.297. The predicted octanol–water partition coefficient (Wildman–Crippen LogP) is 2.47. The highest BCUT2D eigenvalue weighted by Gasteiger charge is 2.41. The van der Waals surface area contributed by atoms with Crippen molar-refractivity contribution < 1.29 is 9.59 Å². The van der Waals surface area contributed by atoms with E-state index in [-0.39, 0.29) is 23.9 Å². The van der Waals surface area contributed by atoms with E-state index in [1.165, 1.54) is 37.0 Å². The van der Waals surface area contributed by atoms with Crippen LogP contribution in [0.1, 0.15) is 65.7 Å². The van der Waals surface area contributed by atoms with Crippen LogP contribution in [0.3, 0.4) is 0 Å². The van der Waals surface area contributed by atoms with Crippen LogP contribution >= 0.6 is 0 Å². The largest absolute Gasteiger partial charge is 0.305 e. The molecular weight excluding hydrogens is 252 g/mol. The normalized spacial score (nSPS) is 27.9. The van der Waals surface area contributed by atoms with E-state index in [1.807, 2.05) is 13.8 Å². The van der Waals surface area contributed by atoms with Crippen LogP contribution in [0.2, 0.25) is 0 Å². The molecule has 114 valence electrons. The van der Waals surface area contributed by atoms with Crippen LogP contribution in [0.15, 0.2) is 0 Å². The number of nitrogens with one attached hydrogen (secondary N) is 1. The molecule has 2 atom stereocenters. The van der Waals surface area contributed by atoms with E-state index in [0.29, 0.717) is 11.8 Å². The van der Waals surface area contributed by atoms with Gasteiger partial charge in [0.25, 0.3) is 0 Å². The average molecular weight is 280 g/mol. The van der Waals surface area contributed by atoms with Crippen molar-refractivity contribution in [2.75, 3.05) is 6.54 Å². The van der Waals surface area contributed by atoms with Crippen molar-refractivity contribution in [2.45, 2.75) is 77.8 Å². The maximum absolute atomic E-state index is 12.3. The molecule has 1 N–H and O–H groups in total. The standard InChI is InChI=1S/C16H28N2O2/c1-4-12(2)18-14(19)10-13(15(18)20)17-11-16(3)8-6-5-7-9-16/h12-13,17H,4-11H2,1-3H3. The number of carbonyl (C=O) groups excluding carboxylic acids is 2. The summed E-state index contributed by atoms with van der Waals surface area (Å²) in [5.74, 6) is -0.0422. The molecule has 0 bridgehead atoms. The van der Waals surface area contributed by atoms with Gasteiger partial charge in [0.15, 0.2) is 0 Å². The minimum atomic E-state index is -0.296. The fraction of sp³-hybridized carbons (Fsp3) is 0.875. The number of likely N-dealkylation sites (tertiary alicyclic amines) is 1. The minimum absolute atomic E-state index is 0.0179. The van der Waals surface area contributed by atoms with E-state index < -0.39 is 0 Å². The van der Waals surface area contributed by atoms with Gasteiger partial charge in [-0.25, -0.2) is 0 Å². The fourth-order valence-corrected chi connectivity index (χ4v) is 3.41. The Hall–Kier alpha value is -0.900. The highest BCUT2D eigenvalue weighted by atomic mass is 16.2. The molecule has 0 radical (unpaired) electrons. The van der Waals surface area contributed by atoms with E-state index in [9.17, 15) is 9.59 Å². The van der Waals surface area contributed by atoms with Gasteiger partial charge in [-0.3, -0.25) is 14.5 Å². The third-order valence-corrected chi connectivity index (χ3v) is 5.05. The summed E-state index contributed by atoms with van der Waals surface area (Å²) in [6.07, 6.45) is 7.51. The van der Waals surface area contributed by atoms with Gasteiger partial charge in [0.2, 0.25) is 11.8 Å². The number of amides is 2. The highest BCUT2D eigenvalue weighted by Crippen LogP contribution is 2.35. The summed E-state index contributed by atoms with van der Waals surface area (Å²) < 4.78 is 0. The van der Waals surface area contributed by atoms with Gasteiger partial charge >= 0.3 is 0 Å². The molecule has 2 fully saturated rings. The van der Waals surface area contributed by atoms with Crippen molar-refractivity contribution in [3.8, 4) is 0 Å². The van der Waals surface area contributed by atoms with Crippen LogP contribution in [-0.4, -0.2) is 35.3 Å². The molecule has 0 aromatic rings. The maximum atomic E-state index is 12.3. The van der Waals surface area contributed by atoms with Gasteiger partial charge in [0.1, 0.15) is 0 Å². The van der Waals surface area contributed by atoms with Gasteiger partial charge in [0.05, 0.1) is 12.5 Å². The molecule has 20 heavy (non-hydrogen) atoms. The van der Waals surface area contributed by atoms with Gasteiger partial charge in [-0.1, -0.05) is 33.1 Å². The van der Waals surface area contributed by atoms with Crippen molar-refractivity contribution >= 4 is 11.8 Å². The van der Waals surface area contributed by atoms with Crippen molar-refractivity contribution in [2.24, 2.45) is 5.41 Å². The molecule has 2 aliphatic rings. The first-order chi connectivity index (χ1) is 9.47. The lowest BCUT2D eigenvalue weighted by Gasteiger charge is -2.34. The number of nitrogens with zero attached hydrogens (tertiary/aromatic N) is 1. The summed E-state index contributed by atoms with van der Waals surface area (Å²) in [6, 6.07) is -0.276. The van der Waals surface area contributed by atoms with Crippen molar-refractivity contribution in [1.82, 2.24) is 10.2 Å². The second-order valence-electron chi connectivity index (χ2n) is 6.87. The fourth-order valence-electron chi connectivity index (χ4n) is 3.41. The van der Waals surface area contributed by atoms with Crippen LogP contribution in [0.25, 0.3) is 0 Å². The predicted molar refractivity (Wildman–Crippen MR) is 79.2 cm³/mol. The maximum Gasteiger partial charge on any atom is 0.247 e. The topological polar surface area (TPSA) is 49.4 Å². The Kier molecular flexibility index (Phi) is 4.84. The Labute approximate surface area is 122 Å². The molecular formula is C16H28N2O2. The number of rotatable bonds is 5. The Morgan fingerprint density at radius 3 is 2.55 bits per heavy atom. The van der Waals surface area contributed by atoms with E-state index in [2.05, 4.69) is 12.2 Å². The molecule has 2 amide bonds. The average Bonchev–Trinajstić information content (AvgIpc) is 2.71.